The summed E-state index contributed by atoms with van der Waals surface area (Å²) >= 11 is 2.04. The molecule has 0 fully saturated rings. The highest BCUT2D eigenvalue weighted by molar-refractivity contribution is 14.1. The van der Waals surface area contributed by atoms with E-state index in [1.807, 2.05) is 59.8 Å². The molecule has 0 spiro atoms. The van der Waals surface area contributed by atoms with Crippen molar-refractivity contribution in [1.29, 1.82) is 0 Å². The number of hydrogen-bond donors (Lipinski definition) is 1. The smallest absolute Gasteiger partial charge is 0.264 e. The summed E-state index contributed by atoms with van der Waals surface area (Å²) in [5.41, 5.74) is 2.53. The Hall–Kier alpha value is -1.76. The zero-order valence-corrected chi connectivity index (χ0v) is 13.0. The number of aromatic amines is 1. The second kappa shape index (κ2) is 5.32. The molecule has 2 heterocycles. The number of hydrogen-bond acceptors (Lipinski definition) is 3. The standard InChI is InChI=1S/C15H12IN3O/c1-2-11-13(16)15(20)19-14(18-11)10-7-8-17-12-6-4-3-5-9(10)12/h3-8H,2H2,1H3,(H,18,19,20). The van der Waals surface area contributed by atoms with Gasteiger partial charge in [0, 0.05) is 17.1 Å². The van der Waals surface area contributed by atoms with Gasteiger partial charge < -0.3 is 4.98 Å². The highest BCUT2D eigenvalue weighted by Crippen LogP contribution is 2.24. The average Bonchev–Trinajstić information content (AvgIpc) is 2.49. The second-order valence-electron chi connectivity index (χ2n) is 4.40. The number of nitrogens with zero attached hydrogens (tertiary/aromatic N) is 2. The van der Waals surface area contributed by atoms with Gasteiger partial charge in [-0.25, -0.2) is 4.98 Å². The molecule has 5 heteroatoms. The molecule has 1 N–H and O–H groups in total. The Morgan fingerprint density at radius 3 is 2.85 bits per heavy atom. The largest absolute Gasteiger partial charge is 0.306 e. The van der Waals surface area contributed by atoms with Crippen molar-refractivity contribution >= 4 is 33.5 Å². The molecule has 0 atom stereocenters. The van der Waals surface area contributed by atoms with E-state index in [-0.39, 0.29) is 5.56 Å². The molecule has 3 aromatic rings. The van der Waals surface area contributed by atoms with Gasteiger partial charge in [-0.1, -0.05) is 25.1 Å². The van der Waals surface area contributed by atoms with Gasteiger partial charge in [0.25, 0.3) is 5.56 Å². The van der Waals surface area contributed by atoms with Gasteiger partial charge in [0.15, 0.2) is 0 Å². The van der Waals surface area contributed by atoms with Crippen LogP contribution in [0.3, 0.4) is 0 Å². The number of rotatable bonds is 2. The molecule has 20 heavy (non-hydrogen) atoms. The van der Waals surface area contributed by atoms with E-state index in [4.69, 9.17) is 0 Å². The lowest BCUT2D eigenvalue weighted by Gasteiger charge is -2.07. The van der Waals surface area contributed by atoms with Crippen LogP contribution in [0.1, 0.15) is 12.6 Å². The van der Waals surface area contributed by atoms with E-state index in [0.717, 1.165) is 28.6 Å². The van der Waals surface area contributed by atoms with E-state index >= 15 is 0 Å². The van der Waals surface area contributed by atoms with Crippen LogP contribution in [-0.4, -0.2) is 15.0 Å². The minimum Gasteiger partial charge on any atom is -0.306 e. The average molecular weight is 377 g/mol. The molecule has 2 aromatic heterocycles. The minimum atomic E-state index is -0.0895. The summed E-state index contributed by atoms with van der Waals surface area (Å²) in [4.78, 5) is 23.8. The fourth-order valence-electron chi connectivity index (χ4n) is 2.17. The molecule has 4 nitrogen and oxygen atoms in total. The van der Waals surface area contributed by atoms with Crippen molar-refractivity contribution in [2.45, 2.75) is 13.3 Å². The molecular weight excluding hydrogens is 365 g/mol. The summed E-state index contributed by atoms with van der Waals surface area (Å²) in [5, 5.41) is 0.987. The number of benzene rings is 1. The summed E-state index contributed by atoms with van der Waals surface area (Å²) < 4.78 is 0.659. The van der Waals surface area contributed by atoms with Crippen molar-refractivity contribution < 1.29 is 0 Å². The molecule has 100 valence electrons. The second-order valence-corrected chi connectivity index (χ2v) is 5.48. The highest BCUT2D eigenvalue weighted by atomic mass is 127. The molecule has 0 saturated carbocycles. The van der Waals surface area contributed by atoms with Gasteiger partial charge in [-0.3, -0.25) is 9.78 Å². The normalized spacial score (nSPS) is 10.9. The Bertz CT molecular complexity index is 837. The summed E-state index contributed by atoms with van der Waals surface area (Å²) in [7, 11) is 0. The first-order valence-corrected chi connectivity index (χ1v) is 7.41. The van der Waals surface area contributed by atoms with Crippen LogP contribution in [0.2, 0.25) is 0 Å². The van der Waals surface area contributed by atoms with Gasteiger partial charge in [0.05, 0.1) is 14.8 Å². The third-order valence-corrected chi connectivity index (χ3v) is 4.28. The van der Waals surface area contributed by atoms with Crippen molar-refractivity contribution in [3.63, 3.8) is 0 Å². The van der Waals surface area contributed by atoms with E-state index in [0.29, 0.717) is 9.39 Å². The highest BCUT2D eigenvalue weighted by Gasteiger charge is 2.11. The van der Waals surface area contributed by atoms with E-state index in [1.165, 1.54) is 0 Å². The van der Waals surface area contributed by atoms with Crippen LogP contribution < -0.4 is 5.56 Å². The number of nitrogens with one attached hydrogen (secondary N) is 1. The van der Waals surface area contributed by atoms with Crippen molar-refractivity contribution in [3.8, 4) is 11.4 Å². The van der Waals surface area contributed by atoms with Crippen LogP contribution in [0.5, 0.6) is 0 Å². The van der Waals surface area contributed by atoms with Crippen LogP contribution in [0.15, 0.2) is 41.3 Å². The number of H-pyrrole nitrogens is 1. The van der Waals surface area contributed by atoms with Crippen molar-refractivity contribution in [3.05, 3.63) is 56.1 Å². The van der Waals surface area contributed by atoms with Crippen LogP contribution in [0, 0.1) is 3.57 Å². The molecule has 1 aromatic carbocycles. The lowest BCUT2D eigenvalue weighted by molar-refractivity contribution is 0.969. The molecule has 0 saturated heterocycles. The molecule has 0 radical (unpaired) electrons. The minimum absolute atomic E-state index is 0.0895. The molecular formula is C15H12IN3O. The summed E-state index contributed by atoms with van der Waals surface area (Å²) in [6.45, 7) is 2.00. The van der Waals surface area contributed by atoms with Crippen LogP contribution in [0.4, 0.5) is 0 Å². The molecule has 3 rings (SSSR count). The van der Waals surface area contributed by atoms with Gasteiger partial charge in [0.2, 0.25) is 0 Å². The van der Waals surface area contributed by atoms with Crippen LogP contribution >= 0.6 is 22.6 Å². The molecule has 0 aliphatic heterocycles. The number of aryl methyl sites for hydroxylation is 1. The van der Waals surface area contributed by atoms with E-state index in [2.05, 4.69) is 15.0 Å². The summed E-state index contributed by atoms with van der Waals surface area (Å²) in [6.07, 6.45) is 2.47. The number of pyridine rings is 1. The molecule has 0 bridgehead atoms. The Balaban J connectivity index is 2.31. The first-order valence-electron chi connectivity index (χ1n) is 6.33. The maximum absolute atomic E-state index is 12.0. The fraction of sp³-hybridized carbons (Fsp3) is 0.133. The maximum Gasteiger partial charge on any atom is 0.264 e. The number of para-hydroxylation sites is 1. The third kappa shape index (κ3) is 2.22. The Labute approximate surface area is 129 Å². The SMILES string of the molecule is CCc1nc(-c2ccnc3ccccc23)[nH]c(=O)c1I. The van der Waals surface area contributed by atoms with Gasteiger partial charge in [-0.05, 0) is 41.1 Å². The lowest BCUT2D eigenvalue weighted by atomic mass is 10.1. The van der Waals surface area contributed by atoms with Crippen molar-refractivity contribution in [2.75, 3.05) is 0 Å². The zero-order valence-electron chi connectivity index (χ0n) is 10.9. The Kier molecular flexibility index (Phi) is 3.52. The van der Waals surface area contributed by atoms with Gasteiger partial charge in [0.1, 0.15) is 5.82 Å². The van der Waals surface area contributed by atoms with Crippen LogP contribution in [-0.2, 0) is 6.42 Å². The molecule has 0 unspecified atom stereocenters. The molecule has 0 amide bonds. The Morgan fingerprint density at radius 2 is 2.05 bits per heavy atom. The van der Waals surface area contributed by atoms with Gasteiger partial charge in [-0.15, -0.1) is 0 Å². The summed E-state index contributed by atoms with van der Waals surface area (Å²) in [5.74, 6) is 0.603. The first-order chi connectivity index (χ1) is 9.70. The first kappa shape index (κ1) is 13.2. The van der Waals surface area contributed by atoms with Crippen molar-refractivity contribution in [1.82, 2.24) is 15.0 Å². The maximum atomic E-state index is 12.0. The predicted molar refractivity (Wildman–Crippen MR) is 87.7 cm³/mol. The monoisotopic (exact) mass is 377 g/mol. The number of aromatic nitrogens is 3. The zero-order chi connectivity index (χ0) is 14.1. The quantitative estimate of drug-likeness (QED) is 0.698. The molecule has 0 aliphatic carbocycles. The Morgan fingerprint density at radius 1 is 1.25 bits per heavy atom. The number of halogens is 1. The van der Waals surface area contributed by atoms with Crippen molar-refractivity contribution in [2.24, 2.45) is 0 Å². The molecule has 0 aliphatic rings. The number of fused-ring (bicyclic) bond motifs is 1. The van der Waals surface area contributed by atoms with E-state index < -0.39 is 0 Å². The fourth-order valence-corrected chi connectivity index (χ4v) is 2.81. The van der Waals surface area contributed by atoms with Gasteiger partial charge >= 0.3 is 0 Å². The third-order valence-electron chi connectivity index (χ3n) is 3.17. The lowest BCUT2D eigenvalue weighted by Crippen LogP contribution is -2.16. The summed E-state index contributed by atoms with van der Waals surface area (Å²) in [6, 6.07) is 9.72. The van der Waals surface area contributed by atoms with Crippen LogP contribution in [0.25, 0.3) is 22.3 Å². The van der Waals surface area contributed by atoms with E-state index in [9.17, 15) is 4.79 Å². The topological polar surface area (TPSA) is 58.6 Å². The predicted octanol–water partition coefficient (Wildman–Crippen LogP) is 3.15. The van der Waals surface area contributed by atoms with E-state index in [1.54, 1.807) is 6.20 Å². The van der Waals surface area contributed by atoms with Gasteiger partial charge in [-0.2, -0.15) is 0 Å².